The molecule has 1 atom stereocenters. The molecule has 0 saturated carbocycles. The molecule has 0 fully saturated rings. The Morgan fingerprint density at radius 1 is 0.914 bits per heavy atom. The minimum atomic E-state index is -1.03. The zero-order valence-corrected chi connectivity index (χ0v) is 18.9. The van der Waals surface area contributed by atoms with Crippen molar-refractivity contribution in [3.8, 4) is 11.1 Å². The molecule has 35 heavy (non-hydrogen) atoms. The number of ketones is 1. The number of ether oxygens (including phenoxy) is 1. The Balaban J connectivity index is 1.60. The summed E-state index contributed by atoms with van der Waals surface area (Å²) in [6.45, 7) is 0.263. The SMILES string of the molecule is COCCC(CC(=O)c1ccc(-c2ccc(NC(=O)Nc3ccc(F)cc3F)cc2)cc1)C(=O)O. The van der Waals surface area contributed by atoms with E-state index in [1.54, 1.807) is 48.5 Å². The van der Waals surface area contributed by atoms with Crippen LogP contribution in [0.5, 0.6) is 0 Å². The van der Waals surface area contributed by atoms with Gasteiger partial charge in [0.2, 0.25) is 0 Å². The van der Waals surface area contributed by atoms with Crippen LogP contribution < -0.4 is 10.6 Å². The van der Waals surface area contributed by atoms with E-state index in [1.807, 2.05) is 0 Å². The van der Waals surface area contributed by atoms with Gasteiger partial charge in [-0.15, -0.1) is 0 Å². The molecule has 0 bridgehead atoms. The van der Waals surface area contributed by atoms with Crippen molar-refractivity contribution in [3.63, 3.8) is 0 Å². The zero-order chi connectivity index (χ0) is 25.4. The van der Waals surface area contributed by atoms with Crippen molar-refractivity contribution in [2.24, 2.45) is 5.92 Å². The smallest absolute Gasteiger partial charge is 0.323 e. The summed E-state index contributed by atoms with van der Waals surface area (Å²) >= 11 is 0. The highest BCUT2D eigenvalue weighted by Gasteiger charge is 2.21. The molecule has 7 nitrogen and oxygen atoms in total. The number of benzene rings is 3. The van der Waals surface area contributed by atoms with E-state index in [0.29, 0.717) is 17.3 Å². The first-order chi connectivity index (χ1) is 16.8. The van der Waals surface area contributed by atoms with Crippen LogP contribution in [0, 0.1) is 17.6 Å². The fourth-order valence-electron chi connectivity index (χ4n) is 3.38. The van der Waals surface area contributed by atoms with Crippen molar-refractivity contribution in [2.75, 3.05) is 24.4 Å². The number of methoxy groups -OCH3 is 1. The highest BCUT2D eigenvalue weighted by atomic mass is 19.1. The van der Waals surface area contributed by atoms with Gasteiger partial charge in [-0.1, -0.05) is 36.4 Å². The number of carboxylic acids is 1. The molecule has 1 unspecified atom stereocenters. The lowest BCUT2D eigenvalue weighted by Crippen LogP contribution is -2.20. The molecule has 0 radical (unpaired) electrons. The standard InChI is InChI=1S/C26H24F2N2O5/c1-35-13-12-19(25(32)33)14-24(31)18-4-2-16(3-5-18)17-6-9-21(10-7-17)29-26(34)30-23-11-8-20(27)15-22(23)28/h2-11,15,19H,12-14H2,1H3,(H,32,33)(H2,29,30,34). The molecule has 0 heterocycles. The third-order valence-corrected chi connectivity index (χ3v) is 5.31. The van der Waals surface area contributed by atoms with Crippen LogP contribution in [0.4, 0.5) is 25.0 Å². The van der Waals surface area contributed by atoms with Crippen LogP contribution in [0.2, 0.25) is 0 Å². The number of urea groups is 1. The molecule has 3 aromatic rings. The molecular weight excluding hydrogens is 458 g/mol. The molecule has 3 rings (SSSR count). The molecule has 0 aromatic heterocycles. The summed E-state index contributed by atoms with van der Waals surface area (Å²) < 4.78 is 31.6. The maximum atomic E-state index is 13.7. The fourth-order valence-corrected chi connectivity index (χ4v) is 3.38. The summed E-state index contributed by atoms with van der Waals surface area (Å²) in [6.07, 6.45) is 0.148. The number of nitrogens with one attached hydrogen (secondary N) is 2. The number of hydrogen-bond donors (Lipinski definition) is 3. The molecule has 0 aliphatic carbocycles. The second kappa shape index (κ2) is 11.8. The molecule has 182 valence electrons. The number of carboxylic acid groups (broad SMARTS) is 1. The Bertz CT molecular complexity index is 1200. The minimum absolute atomic E-state index is 0.109. The van der Waals surface area contributed by atoms with Crippen LogP contribution in [0.15, 0.2) is 66.7 Å². The summed E-state index contributed by atoms with van der Waals surface area (Å²) in [5.41, 5.74) is 2.36. The van der Waals surface area contributed by atoms with E-state index < -0.39 is 29.6 Å². The van der Waals surface area contributed by atoms with Crippen molar-refractivity contribution in [2.45, 2.75) is 12.8 Å². The van der Waals surface area contributed by atoms with Gasteiger partial charge in [0.1, 0.15) is 11.6 Å². The van der Waals surface area contributed by atoms with Crippen molar-refractivity contribution in [1.29, 1.82) is 0 Å². The summed E-state index contributed by atoms with van der Waals surface area (Å²) in [7, 11) is 1.48. The number of aliphatic carboxylic acids is 1. The van der Waals surface area contributed by atoms with Gasteiger partial charge in [0.05, 0.1) is 11.6 Å². The van der Waals surface area contributed by atoms with E-state index in [4.69, 9.17) is 4.74 Å². The van der Waals surface area contributed by atoms with E-state index in [-0.39, 0.29) is 30.9 Å². The van der Waals surface area contributed by atoms with Gasteiger partial charge in [-0.05, 0) is 41.8 Å². The lowest BCUT2D eigenvalue weighted by Gasteiger charge is -2.11. The Labute approximate surface area is 200 Å². The maximum absolute atomic E-state index is 13.7. The largest absolute Gasteiger partial charge is 0.481 e. The van der Waals surface area contributed by atoms with E-state index in [0.717, 1.165) is 23.3 Å². The monoisotopic (exact) mass is 482 g/mol. The lowest BCUT2D eigenvalue weighted by atomic mass is 9.94. The van der Waals surface area contributed by atoms with Gasteiger partial charge in [-0.25, -0.2) is 13.6 Å². The van der Waals surface area contributed by atoms with E-state index in [1.165, 1.54) is 7.11 Å². The van der Waals surface area contributed by atoms with E-state index >= 15 is 0 Å². The quantitative estimate of drug-likeness (QED) is 0.327. The fraction of sp³-hybridized carbons (Fsp3) is 0.192. The highest BCUT2D eigenvalue weighted by molar-refractivity contribution is 6.00. The van der Waals surface area contributed by atoms with Crippen molar-refractivity contribution in [1.82, 2.24) is 0 Å². The predicted molar refractivity (Wildman–Crippen MR) is 127 cm³/mol. The first kappa shape index (κ1) is 25.5. The van der Waals surface area contributed by atoms with Crippen molar-refractivity contribution < 1.29 is 33.0 Å². The van der Waals surface area contributed by atoms with E-state index in [2.05, 4.69) is 10.6 Å². The lowest BCUT2D eigenvalue weighted by molar-refractivity contribution is -0.142. The molecule has 2 amide bonds. The third-order valence-electron chi connectivity index (χ3n) is 5.31. The molecule has 0 aliphatic heterocycles. The average molecular weight is 482 g/mol. The molecule has 9 heteroatoms. The first-order valence-electron chi connectivity index (χ1n) is 10.8. The molecule has 0 saturated heterocycles. The Hall–Kier alpha value is -4.11. The molecule has 3 N–H and O–H groups in total. The number of hydrogen-bond acceptors (Lipinski definition) is 4. The van der Waals surface area contributed by atoms with Crippen LogP contribution in [0.3, 0.4) is 0 Å². The number of rotatable bonds is 10. The van der Waals surface area contributed by atoms with Crippen LogP contribution >= 0.6 is 0 Å². The number of anilines is 2. The first-order valence-corrected chi connectivity index (χ1v) is 10.8. The van der Waals surface area contributed by atoms with Crippen molar-refractivity contribution >= 4 is 29.2 Å². The molecule has 0 aliphatic rings. The summed E-state index contributed by atoms with van der Waals surface area (Å²) in [4.78, 5) is 35.9. The van der Waals surface area contributed by atoms with E-state index in [9.17, 15) is 28.3 Å². The number of halogens is 2. The van der Waals surface area contributed by atoms with Gasteiger partial charge in [0.25, 0.3) is 0 Å². The summed E-state index contributed by atoms with van der Waals surface area (Å²) in [5.74, 6) is -3.72. The van der Waals surface area contributed by atoms with Gasteiger partial charge in [-0.3, -0.25) is 9.59 Å². The summed E-state index contributed by atoms with van der Waals surface area (Å²) in [6, 6.07) is 15.8. The topological polar surface area (TPSA) is 105 Å². The number of Topliss-reactive ketones (excluding diaryl/α,β-unsaturated/α-hetero) is 1. The summed E-state index contributed by atoms with van der Waals surface area (Å²) in [5, 5.41) is 14.2. The van der Waals surface area contributed by atoms with Gasteiger partial charge < -0.3 is 20.5 Å². The predicted octanol–water partition coefficient (Wildman–Crippen LogP) is 5.59. The third kappa shape index (κ3) is 7.18. The second-order valence-corrected chi connectivity index (χ2v) is 7.80. The van der Waals surface area contributed by atoms with Crippen LogP contribution in [-0.4, -0.2) is 36.6 Å². The van der Waals surface area contributed by atoms with Gasteiger partial charge in [0, 0.05) is 37.5 Å². The minimum Gasteiger partial charge on any atom is -0.481 e. The molecule has 3 aromatic carbocycles. The Morgan fingerprint density at radius 2 is 1.54 bits per heavy atom. The highest BCUT2D eigenvalue weighted by Crippen LogP contribution is 2.23. The average Bonchev–Trinajstić information content (AvgIpc) is 2.84. The van der Waals surface area contributed by atoms with Gasteiger partial charge >= 0.3 is 12.0 Å². The maximum Gasteiger partial charge on any atom is 0.323 e. The number of carbonyl (C=O) groups excluding carboxylic acids is 2. The second-order valence-electron chi connectivity index (χ2n) is 7.80. The normalized spacial score (nSPS) is 11.5. The number of amides is 2. The van der Waals surface area contributed by atoms with Crippen LogP contribution in [-0.2, 0) is 9.53 Å². The van der Waals surface area contributed by atoms with Crippen LogP contribution in [0.25, 0.3) is 11.1 Å². The molecular formula is C26H24F2N2O5. The Kier molecular flexibility index (Phi) is 8.63. The Morgan fingerprint density at radius 3 is 2.11 bits per heavy atom. The van der Waals surface area contributed by atoms with Crippen molar-refractivity contribution in [3.05, 3.63) is 83.9 Å². The molecule has 0 spiro atoms. The zero-order valence-electron chi connectivity index (χ0n) is 18.9. The number of carbonyl (C=O) groups is 3. The van der Waals surface area contributed by atoms with Gasteiger partial charge in [-0.2, -0.15) is 0 Å². The van der Waals surface area contributed by atoms with Gasteiger partial charge in [0.15, 0.2) is 5.78 Å². The van der Waals surface area contributed by atoms with Crippen LogP contribution in [0.1, 0.15) is 23.2 Å².